The van der Waals surface area contributed by atoms with E-state index in [1.54, 1.807) is 7.11 Å². The minimum absolute atomic E-state index is 0.185. The Labute approximate surface area is 196 Å². The van der Waals surface area contributed by atoms with E-state index in [1.807, 2.05) is 37.1 Å². The van der Waals surface area contributed by atoms with E-state index in [1.165, 1.54) is 11.1 Å². The zero-order chi connectivity index (χ0) is 23.4. The van der Waals surface area contributed by atoms with Crippen LogP contribution >= 0.6 is 0 Å². The summed E-state index contributed by atoms with van der Waals surface area (Å²) in [7, 11) is 1.69. The monoisotopic (exact) mass is 446 g/mol. The second kappa shape index (κ2) is 10.2. The van der Waals surface area contributed by atoms with Gasteiger partial charge in [-0.1, -0.05) is 30.3 Å². The van der Waals surface area contributed by atoms with Crippen molar-refractivity contribution in [3.63, 3.8) is 0 Å². The Bertz CT molecular complexity index is 1150. The van der Waals surface area contributed by atoms with Crippen LogP contribution in [0.1, 0.15) is 30.5 Å². The summed E-state index contributed by atoms with van der Waals surface area (Å²) in [6.45, 7) is 8.21. The average Bonchev–Trinajstić information content (AvgIpc) is 3.28. The highest BCUT2D eigenvalue weighted by molar-refractivity contribution is 5.96. The van der Waals surface area contributed by atoms with Crippen molar-refractivity contribution in [3.05, 3.63) is 71.4 Å². The number of nitrogens with zero attached hydrogens (tertiary/aromatic N) is 2. The van der Waals surface area contributed by atoms with Gasteiger partial charge in [0.1, 0.15) is 5.75 Å². The van der Waals surface area contributed by atoms with Crippen LogP contribution in [0.25, 0.3) is 16.5 Å². The van der Waals surface area contributed by atoms with E-state index >= 15 is 0 Å². The molecule has 0 saturated heterocycles. The zero-order valence-electron chi connectivity index (χ0n) is 19.8. The Balaban J connectivity index is 1.72. The second-order valence-electron chi connectivity index (χ2n) is 8.58. The maximum absolute atomic E-state index is 13.4. The SMILES string of the molecule is CCN(CC)C(=O)C1C=C(c2cccc3[nH]cc(CN)c23)CN(Cc2cccc(OC)c2)C1. The largest absolute Gasteiger partial charge is 0.497 e. The standard InChI is InChI=1S/C27H34N4O2/c1-4-31(5-2)27(32)21-13-20(24-10-7-11-25-26(24)22(14-28)15-29-25)17-30(18-21)16-19-8-6-9-23(12-19)33-3/h6-13,15,21,29H,4-5,14,16-18,28H2,1-3H3. The Hall–Kier alpha value is -3.09. The molecule has 1 aromatic heterocycles. The highest BCUT2D eigenvalue weighted by Gasteiger charge is 2.29. The Morgan fingerprint density at radius 1 is 1.21 bits per heavy atom. The number of ether oxygens (including phenoxy) is 1. The highest BCUT2D eigenvalue weighted by Crippen LogP contribution is 2.32. The summed E-state index contributed by atoms with van der Waals surface area (Å²) in [5.41, 5.74) is 11.7. The van der Waals surface area contributed by atoms with Crippen LogP contribution in [0.4, 0.5) is 0 Å². The first-order valence-electron chi connectivity index (χ1n) is 11.7. The molecule has 2 aromatic carbocycles. The third-order valence-electron chi connectivity index (χ3n) is 6.54. The number of methoxy groups -OCH3 is 1. The fraction of sp³-hybridized carbons (Fsp3) is 0.370. The molecule has 0 fully saturated rings. The molecular formula is C27H34N4O2. The number of nitrogens with two attached hydrogens (primary N) is 1. The molecule has 3 N–H and O–H groups in total. The molecular weight excluding hydrogens is 412 g/mol. The van der Waals surface area contributed by atoms with Gasteiger partial charge in [-0.25, -0.2) is 0 Å². The molecule has 0 aliphatic carbocycles. The van der Waals surface area contributed by atoms with Crippen molar-refractivity contribution in [1.82, 2.24) is 14.8 Å². The number of aromatic amines is 1. The van der Waals surface area contributed by atoms with Crippen molar-refractivity contribution in [3.8, 4) is 5.75 Å². The predicted molar refractivity (Wildman–Crippen MR) is 134 cm³/mol. The van der Waals surface area contributed by atoms with Crippen molar-refractivity contribution < 1.29 is 9.53 Å². The normalized spacial score (nSPS) is 16.6. The average molecular weight is 447 g/mol. The molecule has 1 atom stereocenters. The van der Waals surface area contributed by atoms with E-state index in [0.29, 0.717) is 13.1 Å². The van der Waals surface area contributed by atoms with E-state index < -0.39 is 0 Å². The summed E-state index contributed by atoms with van der Waals surface area (Å²) in [5.74, 6) is 0.851. The molecule has 1 unspecified atom stereocenters. The molecule has 6 nitrogen and oxygen atoms in total. The van der Waals surface area contributed by atoms with Crippen LogP contribution in [0.3, 0.4) is 0 Å². The summed E-state index contributed by atoms with van der Waals surface area (Å²) in [6, 6.07) is 14.4. The Morgan fingerprint density at radius 3 is 2.73 bits per heavy atom. The number of H-pyrrole nitrogens is 1. The first-order valence-corrected chi connectivity index (χ1v) is 11.7. The molecule has 33 heavy (non-hydrogen) atoms. The van der Waals surface area contributed by atoms with Gasteiger partial charge in [0.2, 0.25) is 5.91 Å². The molecule has 2 heterocycles. The maximum Gasteiger partial charge on any atom is 0.230 e. The number of benzene rings is 2. The molecule has 1 aliphatic heterocycles. The van der Waals surface area contributed by atoms with Gasteiger partial charge in [-0.3, -0.25) is 9.69 Å². The molecule has 1 amide bonds. The van der Waals surface area contributed by atoms with Gasteiger partial charge in [-0.2, -0.15) is 0 Å². The third-order valence-corrected chi connectivity index (χ3v) is 6.54. The van der Waals surface area contributed by atoms with E-state index in [2.05, 4.69) is 46.3 Å². The Kier molecular flexibility index (Phi) is 7.16. The summed E-state index contributed by atoms with van der Waals surface area (Å²) >= 11 is 0. The number of nitrogens with one attached hydrogen (secondary N) is 1. The molecule has 0 radical (unpaired) electrons. The number of hydrogen-bond acceptors (Lipinski definition) is 4. The van der Waals surface area contributed by atoms with Crippen LogP contribution < -0.4 is 10.5 Å². The van der Waals surface area contributed by atoms with Gasteiger partial charge in [0.05, 0.1) is 13.0 Å². The van der Waals surface area contributed by atoms with Crippen molar-refractivity contribution >= 4 is 22.4 Å². The summed E-state index contributed by atoms with van der Waals surface area (Å²) in [4.78, 5) is 21.0. The van der Waals surface area contributed by atoms with E-state index in [-0.39, 0.29) is 11.8 Å². The molecule has 3 aromatic rings. The van der Waals surface area contributed by atoms with Gasteiger partial charge in [-0.05, 0) is 54.3 Å². The van der Waals surface area contributed by atoms with Crippen molar-refractivity contribution in [2.24, 2.45) is 11.7 Å². The van der Waals surface area contributed by atoms with Crippen LogP contribution in [0.5, 0.6) is 5.75 Å². The summed E-state index contributed by atoms with van der Waals surface area (Å²) in [6.07, 6.45) is 4.18. The van der Waals surface area contributed by atoms with Crippen molar-refractivity contribution in [2.45, 2.75) is 26.9 Å². The van der Waals surface area contributed by atoms with Crippen LogP contribution in [0.15, 0.2) is 54.7 Å². The maximum atomic E-state index is 13.4. The number of amides is 1. The number of carbonyl (C=O) groups is 1. The van der Waals surface area contributed by atoms with Crippen molar-refractivity contribution in [2.75, 3.05) is 33.3 Å². The third kappa shape index (κ3) is 4.82. The zero-order valence-corrected chi connectivity index (χ0v) is 19.8. The summed E-state index contributed by atoms with van der Waals surface area (Å²) in [5, 5.41) is 1.16. The first-order chi connectivity index (χ1) is 16.1. The van der Waals surface area contributed by atoms with Gasteiger partial charge < -0.3 is 20.4 Å². The lowest BCUT2D eigenvalue weighted by atomic mass is 9.91. The molecule has 0 bridgehead atoms. The smallest absolute Gasteiger partial charge is 0.230 e. The fourth-order valence-electron chi connectivity index (χ4n) is 4.86. The number of aromatic nitrogens is 1. The molecule has 0 saturated carbocycles. The second-order valence-corrected chi connectivity index (χ2v) is 8.58. The number of fused-ring (bicyclic) bond motifs is 1. The van der Waals surface area contributed by atoms with Crippen LogP contribution in [-0.2, 0) is 17.9 Å². The highest BCUT2D eigenvalue weighted by atomic mass is 16.5. The topological polar surface area (TPSA) is 74.6 Å². The number of rotatable bonds is 8. The minimum Gasteiger partial charge on any atom is -0.497 e. The fourth-order valence-corrected chi connectivity index (χ4v) is 4.86. The van der Waals surface area contributed by atoms with Gasteiger partial charge in [-0.15, -0.1) is 0 Å². The van der Waals surface area contributed by atoms with Gasteiger partial charge in [0.25, 0.3) is 0 Å². The van der Waals surface area contributed by atoms with E-state index in [4.69, 9.17) is 10.5 Å². The van der Waals surface area contributed by atoms with E-state index in [0.717, 1.165) is 54.0 Å². The van der Waals surface area contributed by atoms with Gasteiger partial charge in [0, 0.05) is 56.4 Å². The molecule has 4 rings (SSSR count). The minimum atomic E-state index is -0.185. The first kappa shape index (κ1) is 23.1. The van der Waals surface area contributed by atoms with Crippen molar-refractivity contribution in [1.29, 1.82) is 0 Å². The molecule has 0 spiro atoms. The Morgan fingerprint density at radius 2 is 2.00 bits per heavy atom. The lowest BCUT2D eigenvalue weighted by Gasteiger charge is -2.34. The van der Waals surface area contributed by atoms with Crippen LogP contribution in [0.2, 0.25) is 0 Å². The molecule has 6 heteroatoms. The lowest BCUT2D eigenvalue weighted by molar-refractivity contribution is -0.134. The van der Waals surface area contributed by atoms with Crippen LogP contribution in [0, 0.1) is 5.92 Å². The van der Waals surface area contributed by atoms with Gasteiger partial charge >= 0.3 is 0 Å². The number of carbonyl (C=O) groups excluding carboxylic acids is 1. The molecule has 1 aliphatic rings. The van der Waals surface area contributed by atoms with Crippen LogP contribution in [-0.4, -0.2) is 54.0 Å². The predicted octanol–water partition coefficient (Wildman–Crippen LogP) is 4.02. The quantitative estimate of drug-likeness (QED) is 0.548. The number of hydrogen-bond donors (Lipinski definition) is 2. The summed E-state index contributed by atoms with van der Waals surface area (Å²) < 4.78 is 5.41. The van der Waals surface area contributed by atoms with Gasteiger partial charge in [0.15, 0.2) is 0 Å². The molecule has 174 valence electrons. The lowest BCUT2D eigenvalue weighted by Crippen LogP contribution is -2.43. The van der Waals surface area contributed by atoms with E-state index in [9.17, 15) is 4.79 Å².